The molecule has 200 valence electrons. The Bertz CT molecular complexity index is 855. The van der Waals surface area contributed by atoms with Crippen LogP contribution < -0.4 is 0 Å². The highest BCUT2D eigenvalue weighted by Gasteiger charge is 2.69. The average Bonchev–Trinajstić information content (AvgIpc) is 3.07. The van der Waals surface area contributed by atoms with Gasteiger partial charge in [0.1, 0.15) is 0 Å². The maximum atomic E-state index is 10.9. The van der Waals surface area contributed by atoms with E-state index in [1.807, 2.05) is 7.11 Å². The summed E-state index contributed by atoms with van der Waals surface area (Å²) in [5.74, 6) is 2.49. The van der Waals surface area contributed by atoms with Gasteiger partial charge in [0, 0.05) is 25.6 Å². The molecule has 4 aliphatic carbocycles. The van der Waals surface area contributed by atoms with Gasteiger partial charge in [-0.3, -0.25) is 0 Å². The molecule has 0 spiro atoms. The molecule has 0 aliphatic heterocycles. The molecule has 9 atom stereocenters. The first-order valence-electron chi connectivity index (χ1n) is 14.3. The Balaban J connectivity index is 1.67. The minimum atomic E-state index is -0.250. The Morgan fingerprint density at radius 3 is 2.34 bits per heavy atom. The van der Waals surface area contributed by atoms with Crippen molar-refractivity contribution in [2.24, 2.45) is 45.3 Å². The fourth-order valence-corrected chi connectivity index (χ4v) is 9.69. The van der Waals surface area contributed by atoms with Crippen LogP contribution in [0.1, 0.15) is 100 Å². The summed E-state index contributed by atoms with van der Waals surface area (Å²) in [6, 6.07) is 0. The molecule has 0 bridgehead atoms. The van der Waals surface area contributed by atoms with Gasteiger partial charge >= 0.3 is 0 Å². The molecular formula is C32H54O3. The highest BCUT2D eigenvalue weighted by atomic mass is 16.5. The quantitative estimate of drug-likeness (QED) is 0.393. The van der Waals surface area contributed by atoms with Crippen LogP contribution in [0.15, 0.2) is 23.8 Å². The van der Waals surface area contributed by atoms with Crippen molar-refractivity contribution in [3.05, 3.63) is 23.8 Å². The molecule has 35 heavy (non-hydrogen) atoms. The second-order valence-corrected chi connectivity index (χ2v) is 14.6. The Hall–Kier alpha value is -0.640. The van der Waals surface area contributed by atoms with E-state index in [0.717, 1.165) is 25.2 Å². The first-order chi connectivity index (χ1) is 16.2. The molecule has 0 aromatic carbocycles. The van der Waals surface area contributed by atoms with Crippen LogP contribution in [0, 0.1) is 45.3 Å². The Morgan fingerprint density at radius 2 is 1.71 bits per heavy atom. The topological polar surface area (TPSA) is 38.7 Å². The fourth-order valence-electron chi connectivity index (χ4n) is 9.69. The first-order valence-corrected chi connectivity index (χ1v) is 14.3. The summed E-state index contributed by atoms with van der Waals surface area (Å²) < 4.78 is 12.0. The van der Waals surface area contributed by atoms with Crippen LogP contribution in [0.25, 0.3) is 0 Å². The number of hydrogen-bond acceptors (Lipinski definition) is 3. The van der Waals surface area contributed by atoms with Crippen molar-refractivity contribution >= 4 is 0 Å². The third-order valence-electron chi connectivity index (χ3n) is 12.3. The van der Waals surface area contributed by atoms with E-state index in [1.54, 1.807) is 7.11 Å². The lowest BCUT2D eigenvalue weighted by atomic mass is 9.38. The Kier molecular flexibility index (Phi) is 7.03. The van der Waals surface area contributed by atoms with E-state index in [2.05, 4.69) is 73.6 Å². The first kappa shape index (κ1) is 27.4. The number of hydrogen-bond donors (Lipinski definition) is 1. The fraction of sp³-hybridized carbons (Fsp3) is 0.875. The molecule has 4 rings (SSSR count). The van der Waals surface area contributed by atoms with Crippen molar-refractivity contribution < 1.29 is 14.6 Å². The zero-order valence-electron chi connectivity index (χ0n) is 24.4. The second kappa shape index (κ2) is 8.98. The van der Waals surface area contributed by atoms with Crippen molar-refractivity contribution in [1.82, 2.24) is 0 Å². The van der Waals surface area contributed by atoms with Gasteiger partial charge in [0.15, 0.2) is 0 Å². The van der Waals surface area contributed by atoms with Crippen molar-refractivity contribution in [3.8, 4) is 0 Å². The van der Waals surface area contributed by atoms with Gasteiger partial charge in [0.2, 0.25) is 0 Å². The summed E-state index contributed by atoms with van der Waals surface area (Å²) >= 11 is 0. The van der Waals surface area contributed by atoms with Gasteiger partial charge in [-0.1, -0.05) is 65.3 Å². The van der Waals surface area contributed by atoms with E-state index < -0.39 is 0 Å². The number of aliphatic hydroxyl groups excluding tert-OH is 1. The number of rotatable bonds is 6. The molecule has 3 nitrogen and oxygen atoms in total. The van der Waals surface area contributed by atoms with Crippen molar-refractivity contribution in [2.45, 2.75) is 118 Å². The molecule has 3 heteroatoms. The summed E-state index contributed by atoms with van der Waals surface area (Å²) in [5, 5.41) is 10.9. The van der Waals surface area contributed by atoms with E-state index in [4.69, 9.17) is 9.47 Å². The molecule has 3 saturated carbocycles. The van der Waals surface area contributed by atoms with Gasteiger partial charge in [0.05, 0.1) is 17.8 Å². The van der Waals surface area contributed by atoms with Crippen molar-refractivity contribution in [1.29, 1.82) is 0 Å². The molecule has 0 radical (unpaired) electrons. The van der Waals surface area contributed by atoms with Crippen molar-refractivity contribution in [2.75, 3.05) is 14.2 Å². The van der Waals surface area contributed by atoms with Crippen LogP contribution in [0.2, 0.25) is 0 Å². The molecule has 3 fully saturated rings. The number of allylic oxidation sites excluding steroid dienone is 1. The molecule has 1 N–H and O–H groups in total. The van der Waals surface area contributed by atoms with E-state index in [9.17, 15) is 5.11 Å². The molecular weight excluding hydrogens is 432 g/mol. The zero-order valence-corrected chi connectivity index (χ0v) is 24.4. The SMILES string of the molecule is COC1C=C2[C@H](CCC(O)C2(C)C)[C@]2(C)CC[C@]3(C)[C@H](C(C)CC=CC(C)(C)OC)CC[C@@]3(C)[C@H]12. The Labute approximate surface area is 216 Å². The largest absolute Gasteiger partial charge is 0.392 e. The lowest BCUT2D eigenvalue weighted by molar-refractivity contribution is -0.182. The van der Waals surface area contributed by atoms with E-state index in [-0.39, 0.29) is 34.1 Å². The average molecular weight is 487 g/mol. The number of ether oxygens (including phenoxy) is 2. The van der Waals surface area contributed by atoms with Crippen molar-refractivity contribution in [3.63, 3.8) is 0 Å². The van der Waals surface area contributed by atoms with Gasteiger partial charge in [0.25, 0.3) is 0 Å². The molecule has 0 heterocycles. The lowest BCUT2D eigenvalue weighted by Gasteiger charge is -2.67. The zero-order chi connectivity index (χ0) is 26.0. The molecule has 0 saturated heterocycles. The van der Waals surface area contributed by atoms with Gasteiger partial charge < -0.3 is 14.6 Å². The molecule has 0 amide bonds. The lowest BCUT2D eigenvalue weighted by Crippen LogP contribution is -2.63. The summed E-state index contributed by atoms with van der Waals surface area (Å²) in [4.78, 5) is 0. The number of fused-ring (bicyclic) bond motifs is 5. The summed E-state index contributed by atoms with van der Waals surface area (Å²) in [7, 11) is 3.71. The van der Waals surface area contributed by atoms with Crippen LogP contribution in [0.3, 0.4) is 0 Å². The minimum absolute atomic E-state index is 0.136. The minimum Gasteiger partial charge on any atom is -0.392 e. The van der Waals surface area contributed by atoms with Crippen LogP contribution in [0.4, 0.5) is 0 Å². The second-order valence-electron chi connectivity index (χ2n) is 14.6. The van der Waals surface area contributed by atoms with Crippen LogP contribution in [-0.4, -0.2) is 37.1 Å². The summed E-state index contributed by atoms with van der Waals surface area (Å²) in [6.07, 6.45) is 15.3. The highest BCUT2D eigenvalue weighted by molar-refractivity contribution is 5.32. The molecule has 0 aromatic heterocycles. The smallest absolute Gasteiger partial charge is 0.0802 e. The number of aliphatic hydroxyl groups is 1. The van der Waals surface area contributed by atoms with Crippen LogP contribution in [-0.2, 0) is 9.47 Å². The molecule has 0 aromatic rings. The van der Waals surface area contributed by atoms with Crippen LogP contribution in [0.5, 0.6) is 0 Å². The van der Waals surface area contributed by atoms with E-state index >= 15 is 0 Å². The van der Waals surface area contributed by atoms with Gasteiger partial charge in [-0.05, 0) is 92.8 Å². The van der Waals surface area contributed by atoms with E-state index in [0.29, 0.717) is 23.2 Å². The maximum Gasteiger partial charge on any atom is 0.0802 e. The third kappa shape index (κ3) is 4.02. The van der Waals surface area contributed by atoms with Gasteiger partial charge in [-0.25, -0.2) is 0 Å². The predicted molar refractivity (Wildman–Crippen MR) is 145 cm³/mol. The van der Waals surface area contributed by atoms with Crippen LogP contribution >= 0.6 is 0 Å². The normalized spacial score (nSPS) is 46.0. The highest BCUT2D eigenvalue weighted by Crippen LogP contribution is 2.75. The number of methoxy groups -OCH3 is 2. The summed E-state index contributed by atoms with van der Waals surface area (Å²) in [6.45, 7) is 19.1. The van der Waals surface area contributed by atoms with Gasteiger partial charge in [-0.15, -0.1) is 0 Å². The van der Waals surface area contributed by atoms with Gasteiger partial charge in [-0.2, -0.15) is 0 Å². The molecule has 4 aliphatic rings. The summed E-state index contributed by atoms with van der Waals surface area (Å²) in [5.41, 5.74) is 1.94. The monoisotopic (exact) mass is 486 g/mol. The molecule has 3 unspecified atom stereocenters. The predicted octanol–water partition coefficient (Wildman–Crippen LogP) is 7.58. The standard InChI is InChI=1S/C32H54O3/c1-21(12-11-16-28(2,3)35-10)22-15-17-32(8)27-25(34-9)20-24-23(13-14-26(33)29(24,4)5)30(27,6)18-19-31(22,32)7/h11,16,20-23,25-27,33H,12-15,17-19H2,1-10H3/t21?,22-,23-,25?,26?,27+,30-,31+,32-/m0/s1. The maximum absolute atomic E-state index is 10.9. The third-order valence-corrected chi connectivity index (χ3v) is 12.3. The van der Waals surface area contributed by atoms with E-state index in [1.165, 1.54) is 31.3 Å². The Morgan fingerprint density at radius 1 is 1.03 bits per heavy atom.